The molecule has 1 N–H and O–H groups in total. The average Bonchev–Trinajstić information content (AvgIpc) is 2.63. The number of aryl methyl sites for hydroxylation is 1. The zero-order valence-electron chi connectivity index (χ0n) is 9.37. The lowest BCUT2D eigenvalue weighted by atomic mass is 10.2. The minimum Gasteiger partial charge on any atom is -0.469 e. The Labute approximate surface area is 89.6 Å². The van der Waals surface area contributed by atoms with Gasteiger partial charge in [-0.25, -0.2) is 0 Å². The fourth-order valence-corrected chi connectivity index (χ4v) is 1.28. The van der Waals surface area contributed by atoms with Crippen molar-refractivity contribution in [3.63, 3.8) is 0 Å². The van der Waals surface area contributed by atoms with Gasteiger partial charge in [0.15, 0.2) is 0 Å². The third-order valence-corrected chi connectivity index (χ3v) is 2.15. The van der Waals surface area contributed by atoms with Crippen molar-refractivity contribution in [1.29, 1.82) is 0 Å². The maximum atomic E-state index is 11.1. The van der Waals surface area contributed by atoms with Gasteiger partial charge in [-0.15, -0.1) is 0 Å². The molecule has 0 radical (unpaired) electrons. The van der Waals surface area contributed by atoms with Crippen molar-refractivity contribution >= 4 is 5.97 Å². The van der Waals surface area contributed by atoms with Crippen LogP contribution in [-0.2, 0) is 16.1 Å². The zero-order chi connectivity index (χ0) is 11.3. The summed E-state index contributed by atoms with van der Waals surface area (Å²) in [5.74, 6) is 1.45. The Kier molecular flexibility index (Phi) is 4.37. The van der Waals surface area contributed by atoms with Crippen molar-refractivity contribution in [2.24, 2.45) is 5.92 Å². The third kappa shape index (κ3) is 3.75. The maximum absolute atomic E-state index is 11.1. The molecule has 1 aromatic rings. The Bertz CT molecular complexity index is 319. The van der Waals surface area contributed by atoms with E-state index >= 15 is 0 Å². The van der Waals surface area contributed by atoms with Crippen LogP contribution in [0.25, 0.3) is 0 Å². The molecule has 0 fully saturated rings. The number of hydrogen-bond acceptors (Lipinski definition) is 4. The van der Waals surface area contributed by atoms with Gasteiger partial charge in [0.2, 0.25) is 0 Å². The van der Waals surface area contributed by atoms with E-state index in [1.54, 1.807) is 0 Å². The first-order valence-electron chi connectivity index (χ1n) is 4.97. The van der Waals surface area contributed by atoms with E-state index in [1.807, 2.05) is 26.0 Å². The van der Waals surface area contributed by atoms with Crippen molar-refractivity contribution in [2.45, 2.75) is 20.4 Å². The van der Waals surface area contributed by atoms with Gasteiger partial charge in [-0.3, -0.25) is 4.79 Å². The fraction of sp³-hybridized carbons (Fsp3) is 0.545. The molecule has 0 amide bonds. The van der Waals surface area contributed by atoms with Gasteiger partial charge >= 0.3 is 5.97 Å². The quantitative estimate of drug-likeness (QED) is 0.750. The lowest BCUT2D eigenvalue weighted by Crippen LogP contribution is -2.26. The smallest absolute Gasteiger partial charge is 0.309 e. The number of rotatable bonds is 5. The van der Waals surface area contributed by atoms with Gasteiger partial charge in [-0.1, -0.05) is 6.92 Å². The van der Waals surface area contributed by atoms with Crippen molar-refractivity contribution in [3.8, 4) is 0 Å². The van der Waals surface area contributed by atoms with E-state index in [0.29, 0.717) is 13.1 Å². The normalized spacial score (nSPS) is 12.5. The molecular weight excluding hydrogens is 194 g/mol. The highest BCUT2D eigenvalue weighted by atomic mass is 16.5. The lowest BCUT2D eigenvalue weighted by Gasteiger charge is -2.09. The van der Waals surface area contributed by atoms with Gasteiger partial charge in [0.1, 0.15) is 11.5 Å². The van der Waals surface area contributed by atoms with E-state index in [4.69, 9.17) is 4.42 Å². The largest absolute Gasteiger partial charge is 0.469 e. The van der Waals surface area contributed by atoms with Gasteiger partial charge in [0, 0.05) is 6.54 Å². The molecule has 15 heavy (non-hydrogen) atoms. The molecule has 4 nitrogen and oxygen atoms in total. The van der Waals surface area contributed by atoms with Crippen LogP contribution in [0.3, 0.4) is 0 Å². The molecule has 84 valence electrons. The molecule has 1 unspecified atom stereocenters. The molecule has 0 bridgehead atoms. The molecular formula is C11H17NO3. The molecule has 1 aromatic heterocycles. The molecule has 0 aliphatic heterocycles. The number of carbonyl (C=O) groups is 1. The van der Waals surface area contributed by atoms with E-state index < -0.39 is 0 Å². The molecule has 0 aliphatic carbocycles. The van der Waals surface area contributed by atoms with Gasteiger partial charge in [0.05, 0.1) is 19.6 Å². The number of nitrogens with one attached hydrogen (secondary N) is 1. The molecule has 0 aliphatic rings. The van der Waals surface area contributed by atoms with Gasteiger partial charge in [-0.05, 0) is 19.1 Å². The molecule has 0 saturated carbocycles. The molecule has 0 spiro atoms. The Morgan fingerprint density at radius 2 is 2.33 bits per heavy atom. The van der Waals surface area contributed by atoms with Crippen LogP contribution >= 0.6 is 0 Å². The summed E-state index contributed by atoms with van der Waals surface area (Å²) in [6.45, 7) is 4.95. The Morgan fingerprint density at radius 3 is 2.87 bits per heavy atom. The molecule has 1 heterocycles. The topological polar surface area (TPSA) is 51.5 Å². The Morgan fingerprint density at radius 1 is 1.60 bits per heavy atom. The second-order valence-corrected chi connectivity index (χ2v) is 3.57. The molecule has 1 atom stereocenters. The van der Waals surface area contributed by atoms with Crippen LogP contribution in [0.15, 0.2) is 16.5 Å². The van der Waals surface area contributed by atoms with Gasteiger partial charge in [0.25, 0.3) is 0 Å². The standard InChI is InChI=1S/C11H17NO3/c1-8(11(13)14-3)6-12-7-10-5-4-9(2)15-10/h4-5,8,12H,6-7H2,1-3H3. The highest BCUT2D eigenvalue weighted by molar-refractivity contribution is 5.71. The molecule has 0 saturated heterocycles. The predicted molar refractivity (Wildman–Crippen MR) is 56.3 cm³/mol. The second kappa shape index (κ2) is 5.56. The van der Waals surface area contributed by atoms with E-state index in [0.717, 1.165) is 11.5 Å². The SMILES string of the molecule is COC(=O)C(C)CNCc1ccc(C)o1. The first-order valence-corrected chi connectivity index (χ1v) is 4.97. The summed E-state index contributed by atoms with van der Waals surface area (Å²) in [5, 5.41) is 3.14. The summed E-state index contributed by atoms with van der Waals surface area (Å²) < 4.78 is 9.99. The fourth-order valence-electron chi connectivity index (χ4n) is 1.28. The van der Waals surface area contributed by atoms with Crippen LogP contribution in [0.2, 0.25) is 0 Å². The van der Waals surface area contributed by atoms with Crippen molar-refractivity contribution in [2.75, 3.05) is 13.7 Å². The maximum Gasteiger partial charge on any atom is 0.309 e. The first-order chi connectivity index (χ1) is 7.13. The van der Waals surface area contributed by atoms with Gasteiger partial charge in [-0.2, -0.15) is 0 Å². The molecule has 4 heteroatoms. The number of hydrogen-bond donors (Lipinski definition) is 1. The van der Waals surface area contributed by atoms with Crippen molar-refractivity contribution < 1.29 is 13.9 Å². The first kappa shape index (κ1) is 11.8. The Hall–Kier alpha value is -1.29. The van der Waals surface area contributed by atoms with Gasteiger partial charge < -0.3 is 14.5 Å². The number of methoxy groups -OCH3 is 1. The van der Waals surface area contributed by atoms with Crippen LogP contribution in [0, 0.1) is 12.8 Å². The molecule has 0 aromatic carbocycles. The summed E-state index contributed by atoms with van der Waals surface area (Å²) in [4.78, 5) is 11.1. The van der Waals surface area contributed by atoms with Crippen LogP contribution in [-0.4, -0.2) is 19.6 Å². The highest BCUT2D eigenvalue weighted by Gasteiger charge is 2.12. The van der Waals surface area contributed by atoms with E-state index in [-0.39, 0.29) is 11.9 Å². The minimum atomic E-state index is -0.196. The van der Waals surface area contributed by atoms with Crippen LogP contribution in [0.4, 0.5) is 0 Å². The van der Waals surface area contributed by atoms with Crippen LogP contribution < -0.4 is 5.32 Å². The number of furan rings is 1. The van der Waals surface area contributed by atoms with E-state index in [2.05, 4.69) is 10.1 Å². The minimum absolute atomic E-state index is 0.133. The summed E-state index contributed by atoms with van der Waals surface area (Å²) >= 11 is 0. The van der Waals surface area contributed by atoms with E-state index in [1.165, 1.54) is 7.11 Å². The van der Waals surface area contributed by atoms with E-state index in [9.17, 15) is 4.79 Å². The number of ether oxygens (including phenoxy) is 1. The summed E-state index contributed by atoms with van der Waals surface area (Å²) in [6, 6.07) is 3.84. The number of carbonyl (C=O) groups excluding carboxylic acids is 1. The van der Waals surface area contributed by atoms with Crippen molar-refractivity contribution in [3.05, 3.63) is 23.7 Å². The highest BCUT2D eigenvalue weighted by Crippen LogP contribution is 2.05. The third-order valence-electron chi connectivity index (χ3n) is 2.15. The monoisotopic (exact) mass is 211 g/mol. The zero-order valence-corrected chi connectivity index (χ0v) is 9.37. The second-order valence-electron chi connectivity index (χ2n) is 3.57. The predicted octanol–water partition coefficient (Wildman–Crippen LogP) is 1.49. The number of esters is 1. The van der Waals surface area contributed by atoms with Crippen molar-refractivity contribution in [1.82, 2.24) is 5.32 Å². The van der Waals surface area contributed by atoms with Crippen LogP contribution in [0.1, 0.15) is 18.4 Å². The van der Waals surface area contributed by atoms with Crippen LogP contribution in [0.5, 0.6) is 0 Å². The average molecular weight is 211 g/mol. The lowest BCUT2D eigenvalue weighted by molar-refractivity contribution is -0.144. The summed E-state index contributed by atoms with van der Waals surface area (Å²) in [7, 11) is 1.40. The summed E-state index contributed by atoms with van der Waals surface area (Å²) in [6.07, 6.45) is 0. The summed E-state index contributed by atoms with van der Waals surface area (Å²) in [5.41, 5.74) is 0. The molecule has 1 rings (SSSR count). The Balaban J connectivity index is 2.24.